The molecule has 0 spiro atoms. The molecule has 130 valence electrons. The molecule has 0 aliphatic carbocycles. The number of hydrogen-bond donors (Lipinski definition) is 2. The number of carbonyl (C=O) groups excluding carboxylic acids is 2. The van der Waals surface area contributed by atoms with E-state index in [4.69, 9.17) is 4.74 Å². The van der Waals surface area contributed by atoms with E-state index in [9.17, 15) is 14.7 Å². The molecule has 0 unspecified atom stereocenters. The number of nitrogens with one attached hydrogen (secondary N) is 1. The van der Waals surface area contributed by atoms with Crippen molar-refractivity contribution in [1.29, 1.82) is 0 Å². The van der Waals surface area contributed by atoms with Crippen LogP contribution in [0.25, 0.3) is 11.1 Å². The van der Waals surface area contributed by atoms with E-state index in [1.807, 2.05) is 42.5 Å². The summed E-state index contributed by atoms with van der Waals surface area (Å²) in [5.41, 5.74) is 3.39. The summed E-state index contributed by atoms with van der Waals surface area (Å²) < 4.78 is 5.17. The minimum absolute atomic E-state index is 0.0526. The molecule has 1 amide bonds. The quantitative estimate of drug-likeness (QED) is 0.660. The van der Waals surface area contributed by atoms with Crippen molar-refractivity contribution in [3.63, 3.8) is 0 Å². The molecule has 0 aliphatic rings. The van der Waals surface area contributed by atoms with Gasteiger partial charge in [-0.05, 0) is 41.0 Å². The normalized spacial score (nSPS) is 10.2. The Morgan fingerprint density at radius 2 is 1.65 bits per heavy atom. The van der Waals surface area contributed by atoms with Gasteiger partial charge in [-0.25, -0.2) is 4.79 Å². The number of aldehydes is 1. The smallest absolute Gasteiger partial charge is 0.411 e. The molecule has 0 bridgehead atoms. The maximum Gasteiger partial charge on any atom is 0.411 e. The van der Waals surface area contributed by atoms with Crippen LogP contribution in [0.3, 0.4) is 0 Å². The molecular weight excluding hydrogens is 330 g/mol. The van der Waals surface area contributed by atoms with Crippen LogP contribution in [0, 0.1) is 0 Å². The zero-order valence-electron chi connectivity index (χ0n) is 13.9. The summed E-state index contributed by atoms with van der Waals surface area (Å²) in [6.45, 7) is 0.201. The van der Waals surface area contributed by atoms with Crippen molar-refractivity contribution in [2.75, 3.05) is 5.32 Å². The summed E-state index contributed by atoms with van der Waals surface area (Å²) >= 11 is 0. The lowest BCUT2D eigenvalue weighted by Crippen LogP contribution is -2.13. The minimum Gasteiger partial charge on any atom is -0.507 e. The molecule has 2 N–H and O–H groups in total. The Balaban J connectivity index is 1.62. The average Bonchev–Trinajstić information content (AvgIpc) is 2.68. The highest BCUT2D eigenvalue weighted by molar-refractivity contribution is 5.86. The highest BCUT2D eigenvalue weighted by atomic mass is 16.5. The summed E-state index contributed by atoms with van der Waals surface area (Å²) in [6, 6.07) is 21.4. The number of phenolic OH excluding ortho intramolecular Hbond substituents is 1. The molecule has 3 aromatic carbocycles. The summed E-state index contributed by atoms with van der Waals surface area (Å²) in [6.07, 6.45) is 0.0757. The van der Waals surface area contributed by atoms with Gasteiger partial charge in [0.1, 0.15) is 12.4 Å². The van der Waals surface area contributed by atoms with E-state index in [0.29, 0.717) is 12.0 Å². The first-order valence-electron chi connectivity index (χ1n) is 8.02. The number of aromatic hydroxyl groups is 1. The fourth-order valence-corrected chi connectivity index (χ4v) is 2.45. The molecule has 0 heterocycles. The second-order valence-corrected chi connectivity index (χ2v) is 5.66. The predicted octanol–water partition coefficient (Wildman–Crippen LogP) is 4.62. The summed E-state index contributed by atoms with van der Waals surface area (Å²) in [5.74, 6) is -0.0526. The Morgan fingerprint density at radius 3 is 2.35 bits per heavy atom. The third kappa shape index (κ3) is 4.27. The van der Waals surface area contributed by atoms with Crippen molar-refractivity contribution in [3.8, 4) is 16.9 Å². The number of carbonyl (C=O) groups is 2. The molecule has 0 fully saturated rings. The van der Waals surface area contributed by atoms with Gasteiger partial charge in [0.05, 0.1) is 5.56 Å². The maximum atomic E-state index is 11.9. The van der Waals surface area contributed by atoms with Gasteiger partial charge in [0.2, 0.25) is 0 Å². The largest absolute Gasteiger partial charge is 0.507 e. The minimum atomic E-state index is -0.533. The molecule has 0 saturated carbocycles. The summed E-state index contributed by atoms with van der Waals surface area (Å²) in [7, 11) is 0. The number of ether oxygens (including phenoxy) is 1. The standard InChI is InChI=1S/C21H17NO4/c23-13-18-12-17(8-11-20(18)24)16-6-9-19(10-7-16)22-21(25)26-14-15-4-2-1-3-5-15/h1-13,24H,14H2,(H,22,25). The number of phenols is 1. The molecule has 26 heavy (non-hydrogen) atoms. The predicted molar refractivity (Wildman–Crippen MR) is 99.2 cm³/mol. The lowest BCUT2D eigenvalue weighted by molar-refractivity contribution is 0.112. The van der Waals surface area contributed by atoms with Crippen molar-refractivity contribution < 1.29 is 19.4 Å². The SMILES string of the molecule is O=Cc1cc(-c2ccc(NC(=O)OCc3ccccc3)cc2)ccc1O. The van der Waals surface area contributed by atoms with Crippen molar-refractivity contribution >= 4 is 18.1 Å². The number of benzene rings is 3. The molecule has 0 aliphatic heterocycles. The van der Waals surface area contributed by atoms with E-state index in [1.54, 1.807) is 24.3 Å². The molecule has 0 saturated heterocycles. The Labute approximate surface area is 150 Å². The van der Waals surface area contributed by atoms with Crippen molar-refractivity contribution in [2.45, 2.75) is 6.61 Å². The van der Waals surface area contributed by atoms with Crippen LogP contribution in [0.2, 0.25) is 0 Å². The van der Waals surface area contributed by atoms with Crippen LogP contribution in [0.4, 0.5) is 10.5 Å². The third-order valence-corrected chi connectivity index (χ3v) is 3.83. The van der Waals surface area contributed by atoms with Crippen LogP contribution in [0.5, 0.6) is 5.75 Å². The van der Waals surface area contributed by atoms with Crippen molar-refractivity contribution in [2.24, 2.45) is 0 Å². The molecule has 3 rings (SSSR count). The number of rotatable bonds is 5. The zero-order valence-corrected chi connectivity index (χ0v) is 13.9. The molecule has 0 atom stereocenters. The average molecular weight is 347 g/mol. The number of anilines is 1. The van der Waals surface area contributed by atoms with Gasteiger partial charge in [0, 0.05) is 5.69 Å². The van der Waals surface area contributed by atoms with Crippen LogP contribution in [-0.2, 0) is 11.3 Å². The Hall–Kier alpha value is -3.60. The third-order valence-electron chi connectivity index (χ3n) is 3.83. The van der Waals surface area contributed by atoms with Crippen LogP contribution in [-0.4, -0.2) is 17.5 Å². The fourth-order valence-electron chi connectivity index (χ4n) is 2.45. The first-order valence-corrected chi connectivity index (χ1v) is 8.02. The van der Waals surface area contributed by atoms with E-state index in [1.165, 1.54) is 6.07 Å². The van der Waals surface area contributed by atoms with Crippen LogP contribution in [0.15, 0.2) is 72.8 Å². The van der Waals surface area contributed by atoms with Crippen LogP contribution >= 0.6 is 0 Å². The van der Waals surface area contributed by atoms with Gasteiger partial charge in [0.15, 0.2) is 6.29 Å². The molecule has 5 nitrogen and oxygen atoms in total. The summed E-state index contributed by atoms with van der Waals surface area (Å²) in [4.78, 5) is 22.8. The second kappa shape index (κ2) is 7.98. The monoisotopic (exact) mass is 347 g/mol. The van der Waals surface area contributed by atoms with E-state index in [-0.39, 0.29) is 17.9 Å². The second-order valence-electron chi connectivity index (χ2n) is 5.66. The first-order chi connectivity index (χ1) is 12.7. The molecular formula is C21H17NO4. The highest BCUT2D eigenvalue weighted by Gasteiger charge is 2.06. The molecule has 5 heteroatoms. The lowest BCUT2D eigenvalue weighted by atomic mass is 10.0. The molecule has 0 aromatic heterocycles. The highest BCUT2D eigenvalue weighted by Crippen LogP contribution is 2.26. The Bertz CT molecular complexity index is 905. The topological polar surface area (TPSA) is 75.6 Å². The maximum absolute atomic E-state index is 11.9. The van der Waals surface area contributed by atoms with Crippen LogP contribution in [0.1, 0.15) is 15.9 Å². The van der Waals surface area contributed by atoms with Gasteiger partial charge < -0.3 is 9.84 Å². The van der Waals surface area contributed by atoms with Gasteiger partial charge in [0.25, 0.3) is 0 Å². The Kier molecular flexibility index (Phi) is 5.29. The van der Waals surface area contributed by atoms with E-state index in [0.717, 1.165) is 16.7 Å². The van der Waals surface area contributed by atoms with E-state index in [2.05, 4.69) is 5.32 Å². The number of amides is 1. The van der Waals surface area contributed by atoms with Crippen LogP contribution < -0.4 is 5.32 Å². The molecule has 0 radical (unpaired) electrons. The van der Waals surface area contributed by atoms with Crippen molar-refractivity contribution in [1.82, 2.24) is 0 Å². The van der Waals surface area contributed by atoms with Crippen molar-refractivity contribution in [3.05, 3.63) is 83.9 Å². The van der Waals surface area contributed by atoms with Gasteiger partial charge in [-0.1, -0.05) is 48.5 Å². The number of hydrogen-bond acceptors (Lipinski definition) is 4. The fraction of sp³-hybridized carbons (Fsp3) is 0.0476. The van der Waals surface area contributed by atoms with Gasteiger partial charge >= 0.3 is 6.09 Å². The lowest BCUT2D eigenvalue weighted by Gasteiger charge is -2.08. The Morgan fingerprint density at radius 1 is 0.962 bits per heavy atom. The summed E-state index contributed by atoms with van der Waals surface area (Å²) in [5, 5.41) is 12.2. The first kappa shape index (κ1) is 17.2. The molecule has 3 aromatic rings. The van der Waals surface area contributed by atoms with E-state index < -0.39 is 6.09 Å². The van der Waals surface area contributed by atoms with E-state index >= 15 is 0 Å². The van der Waals surface area contributed by atoms with Gasteiger partial charge in [-0.2, -0.15) is 0 Å². The van der Waals surface area contributed by atoms with Gasteiger partial charge in [-0.15, -0.1) is 0 Å². The van der Waals surface area contributed by atoms with Gasteiger partial charge in [-0.3, -0.25) is 10.1 Å². The zero-order chi connectivity index (χ0) is 18.4.